The first-order chi connectivity index (χ1) is 13.8. The number of aliphatic hydroxyl groups excluding tert-OH is 1. The lowest BCUT2D eigenvalue weighted by Crippen LogP contribution is -3.10. The van der Waals surface area contributed by atoms with Crippen molar-refractivity contribution in [1.82, 2.24) is 0 Å². The number of esters is 1. The molecule has 1 saturated carbocycles. The lowest BCUT2D eigenvalue weighted by atomic mass is 9.59. The van der Waals surface area contributed by atoms with Gasteiger partial charge in [0.15, 0.2) is 0 Å². The normalized spacial score (nSPS) is 35.9. The summed E-state index contributed by atoms with van der Waals surface area (Å²) in [6.07, 6.45) is 6.39. The number of aliphatic hydroxyl groups is 1. The van der Waals surface area contributed by atoms with Crippen LogP contribution in [0.4, 0.5) is 0 Å². The number of ether oxygens (including phenoxy) is 1. The van der Waals surface area contributed by atoms with E-state index < -0.39 is 6.10 Å². The minimum atomic E-state index is -0.629. The highest BCUT2D eigenvalue weighted by atomic mass is 16.6. The van der Waals surface area contributed by atoms with Crippen LogP contribution in [0.1, 0.15) is 51.2 Å². The van der Waals surface area contributed by atoms with E-state index in [2.05, 4.69) is 19.9 Å². The van der Waals surface area contributed by atoms with Crippen molar-refractivity contribution in [2.24, 2.45) is 23.2 Å². The molecule has 7 atom stereocenters. The molecule has 0 spiro atoms. The Labute approximate surface area is 173 Å². The minimum Gasteiger partial charge on any atom is -0.508 e. The predicted octanol–water partition coefficient (Wildman–Crippen LogP) is 2.25. The number of rotatable bonds is 5. The van der Waals surface area contributed by atoms with Gasteiger partial charge in [0.05, 0.1) is 13.6 Å². The van der Waals surface area contributed by atoms with Crippen LogP contribution < -0.4 is 4.90 Å². The summed E-state index contributed by atoms with van der Waals surface area (Å²) in [6, 6.07) is 6.65. The van der Waals surface area contributed by atoms with Crippen molar-refractivity contribution in [3.8, 4) is 5.75 Å². The maximum atomic E-state index is 12.7. The Kier molecular flexibility index (Phi) is 5.47. The number of carbonyl (C=O) groups excluding carboxylic acids is 1. The van der Waals surface area contributed by atoms with Gasteiger partial charge in [-0.05, 0) is 48.3 Å². The fourth-order valence-electron chi connectivity index (χ4n) is 5.89. The number of quaternary nitrogens is 1. The third-order valence-corrected chi connectivity index (χ3v) is 7.47. The zero-order chi connectivity index (χ0) is 20.8. The molecule has 29 heavy (non-hydrogen) atoms. The molecule has 2 fully saturated rings. The van der Waals surface area contributed by atoms with E-state index in [0.29, 0.717) is 19.0 Å². The van der Waals surface area contributed by atoms with Crippen LogP contribution in [0.3, 0.4) is 0 Å². The van der Waals surface area contributed by atoms with Crippen molar-refractivity contribution in [2.75, 3.05) is 20.1 Å². The van der Waals surface area contributed by atoms with Crippen LogP contribution in [0.2, 0.25) is 0 Å². The number of likely N-dealkylation sites (N-methyl/N-ethyl adjacent to an activating group) is 1. The standard InChI is InChI=1S/C24H33NO4/c1-15-5-4-10-24(2)12-22-18(11-20(15)24)19(23(28)29-22)13-25(3)14-21(27)16-6-8-17(26)9-7-16/h6-9,11,15,18-19,21-22,26-27H,4-5,10,12-14H2,1-3H3/p+1/t15-,18+,19-,21+,22+,24+/m0/s1. The maximum Gasteiger partial charge on any atom is 0.315 e. The molecular formula is C24H34NO4+. The monoisotopic (exact) mass is 400 g/mol. The van der Waals surface area contributed by atoms with E-state index in [-0.39, 0.29) is 35.1 Å². The van der Waals surface area contributed by atoms with E-state index in [0.717, 1.165) is 16.9 Å². The van der Waals surface area contributed by atoms with Crippen LogP contribution >= 0.6 is 0 Å². The molecule has 0 bridgehead atoms. The number of phenolic OH excluding ortho intramolecular Hbond substituents is 1. The van der Waals surface area contributed by atoms with Crippen LogP contribution in [0.25, 0.3) is 0 Å². The van der Waals surface area contributed by atoms with Gasteiger partial charge in [0.25, 0.3) is 0 Å². The van der Waals surface area contributed by atoms with Crippen molar-refractivity contribution in [2.45, 2.75) is 51.7 Å². The number of carbonyl (C=O) groups is 1. The van der Waals surface area contributed by atoms with Gasteiger partial charge in [-0.3, -0.25) is 4.79 Å². The van der Waals surface area contributed by atoms with Gasteiger partial charge in [0.1, 0.15) is 30.4 Å². The molecule has 0 radical (unpaired) electrons. The largest absolute Gasteiger partial charge is 0.508 e. The summed E-state index contributed by atoms with van der Waals surface area (Å²) in [5.41, 5.74) is 2.50. The first kappa shape index (κ1) is 20.4. The van der Waals surface area contributed by atoms with Crippen molar-refractivity contribution < 1.29 is 24.6 Å². The first-order valence-corrected chi connectivity index (χ1v) is 11.0. The van der Waals surface area contributed by atoms with E-state index >= 15 is 0 Å². The second-order valence-electron chi connectivity index (χ2n) is 9.81. The Bertz CT molecular complexity index is 789. The number of nitrogens with one attached hydrogen (secondary N) is 1. The molecule has 1 saturated heterocycles. The molecule has 0 aromatic heterocycles. The molecule has 0 amide bonds. The summed E-state index contributed by atoms with van der Waals surface area (Å²) >= 11 is 0. The van der Waals surface area contributed by atoms with Crippen LogP contribution in [0, 0.1) is 23.2 Å². The van der Waals surface area contributed by atoms with Gasteiger partial charge >= 0.3 is 5.97 Å². The number of hydrogen-bond acceptors (Lipinski definition) is 4. The van der Waals surface area contributed by atoms with Gasteiger partial charge in [-0.15, -0.1) is 0 Å². The summed E-state index contributed by atoms with van der Waals surface area (Å²) in [4.78, 5) is 13.8. The third-order valence-electron chi connectivity index (χ3n) is 7.47. The lowest BCUT2D eigenvalue weighted by molar-refractivity contribution is -0.886. The smallest absolute Gasteiger partial charge is 0.315 e. The molecule has 1 aromatic rings. The van der Waals surface area contributed by atoms with Crippen molar-refractivity contribution >= 4 is 5.97 Å². The summed E-state index contributed by atoms with van der Waals surface area (Å²) in [6.45, 7) is 5.83. The Hall–Kier alpha value is -1.85. The van der Waals surface area contributed by atoms with Crippen LogP contribution in [0.15, 0.2) is 35.9 Å². The molecule has 158 valence electrons. The van der Waals surface area contributed by atoms with Gasteiger partial charge in [-0.25, -0.2) is 0 Å². The predicted molar refractivity (Wildman–Crippen MR) is 110 cm³/mol. The maximum absolute atomic E-state index is 12.7. The van der Waals surface area contributed by atoms with E-state index in [1.54, 1.807) is 24.3 Å². The van der Waals surface area contributed by atoms with Crippen LogP contribution in [-0.4, -0.2) is 42.4 Å². The quantitative estimate of drug-likeness (QED) is 0.524. The number of hydrogen-bond donors (Lipinski definition) is 3. The first-order valence-electron chi connectivity index (χ1n) is 11.0. The average Bonchev–Trinajstić information content (AvgIpc) is 2.94. The highest BCUT2D eigenvalue weighted by Gasteiger charge is 2.52. The molecule has 3 aliphatic rings. The molecule has 2 aliphatic carbocycles. The minimum absolute atomic E-state index is 0.00127. The van der Waals surface area contributed by atoms with E-state index in [4.69, 9.17) is 4.74 Å². The molecule has 5 nitrogen and oxygen atoms in total. The Morgan fingerprint density at radius 2 is 2.03 bits per heavy atom. The molecular weight excluding hydrogens is 366 g/mol. The molecule has 4 rings (SSSR count). The van der Waals surface area contributed by atoms with Crippen LogP contribution in [-0.2, 0) is 9.53 Å². The third kappa shape index (κ3) is 3.95. The second kappa shape index (κ2) is 7.77. The average molecular weight is 401 g/mol. The number of allylic oxidation sites excluding steroid dienone is 1. The highest BCUT2D eigenvalue weighted by Crippen LogP contribution is 2.53. The van der Waals surface area contributed by atoms with Gasteiger partial charge in [-0.1, -0.05) is 44.1 Å². The van der Waals surface area contributed by atoms with Crippen LogP contribution in [0.5, 0.6) is 5.75 Å². The Morgan fingerprint density at radius 3 is 2.76 bits per heavy atom. The molecule has 3 N–H and O–H groups in total. The molecule has 5 heteroatoms. The molecule has 1 aliphatic heterocycles. The molecule has 1 heterocycles. The van der Waals surface area contributed by atoms with E-state index in [1.165, 1.54) is 24.8 Å². The van der Waals surface area contributed by atoms with Crippen molar-refractivity contribution in [3.05, 3.63) is 41.5 Å². The van der Waals surface area contributed by atoms with E-state index in [1.807, 2.05) is 7.05 Å². The Balaban J connectivity index is 1.45. The summed E-state index contributed by atoms with van der Waals surface area (Å²) in [7, 11) is 2.02. The Morgan fingerprint density at radius 1 is 1.31 bits per heavy atom. The van der Waals surface area contributed by atoms with E-state index in [9.17, 15) is 15.0 Å². The topological polar surface area (TPSA) is 71.2 Å². The summed E-state index contributed by atoms with van der Waals surface area (Å²) in [5, 5.41) is 20.0. The van der Waals surface area contributed by atoms with Gasteiger partial charge < -0.3 is 19.8 Å². The van der Waals surface area contributed by atoms with Gasteiger partial charge in [0, 0.05) is 5.92 Å². The zero-order valence-electron chi connectivity index (χ0n) is 17.7. The SMILES string of the molecule is C[C@H]1CCC[C@]2(C)C[C@H]3OC(=O)[C@@H](C[NH+](C)C[C@@H](O)c4ccc(O)cc4)[C@H]3C=C12. The number of phenols is 1. The summed E-state index contributed by atoms with van der Waals surface area (Å²) in [5.74, 6) is 0.721. The fraction of sp³-hybridized carbons (Fsp3) is 0.625. The molecule has 1 aromatic carbocycles. The van der Waals surface area contributed by atoms with Gasteiger partial charge in [-0.2, -0.15) is 0 Å². The summed E-state index contributed by atoms with van der Waals surface area (Å²) < 4.78 is 5.84. The zero-order valence-corrected chi connectivity index (χ0v) is 17.7. The van der Waals surface area contributed by atoms with Crippen molar-refractivity contribution in [1.29, 1.82) is 0 Å². The van der Waals surface area contributed by atoms with Crippen molar-refractivity contribution in [3.63, 3.8) is 0 Å². The second-order valence-corrected chi connectivity index (χ2v) is 9.81. The number of fused-ring (bicyclic) bond motifs is 2. The fourth-order valence-corrected chi connectivity index (χ4v) is 5.89. The number of aromatic hydroxyl groups is 1. The lowest BCUT2D eigenvalue weighted by Gasteiger charge is -2.46. The van der Waals surface area contributed by atoms with Gasteiger partial charge in [0.2, 0.25) is 0 Å². The number of benzene rings is 1. The highest BCUT2D eigenvalue weighted by molar-refractivity contribution is 5.76. The molecule has 1 unspecified atom stereocenters.